The number of hydrogen-bond acceptors (Lipinski definition) is 5. The van der Waals surface area contributed by atoms with E-state index in [4.69, 9.17) is 13.9 Å². The largest absolute Gasteiger partial charge is 0.459 e. The lowest BCUT2D eigenvalue weighted by atomic mass is 10.2. The highest BCUT2D eigenvalue weighted by Gasteiger charge is 2.47. The predicted octanol–water partition coefficient (Wildman–Crippen LogP) is 4.97. The quantitative estimate of drug-likeness (QED) is 0.375. The van der Waals surface area contributed by atoms with Gasteiger partial charge in [0.1, 0.15) is 25.7 Å². The van der Waals surface area contributed by atoms with Crippen LogP contribution in [0, 0.1) is 0 Å². The summed E-state index contributed by atoms with van der Waals surface area (Å²) < 4.78 is 30.6. The molecule has 0 radical (unpaired) electrons. The molecule has 5 nitrogen and oxygen atoms in total. The van der Waals surface area contributed by atoms with Gasteiger partial charge in [0.05, 0.1) is 11.7 Å². The van der Waals surface area contributed by atoms with Crippen molar-refractivity contribution in [3.63, 3.8) is 0 Å². The molecule has 0 aliphatic carbocycles. The van der Waals surface area contributed by atoms with E-state index < -0.39 is 21.6 Å². The van der Waals surface area contributed by atoms with E-state index in [1.54, 1.807) is 37.6 Å². The van der Waals surface area contributed by atoms with E-state index in [9.17, 15) is 9.36 Å². The molecule has 0 bridgehead atoms. The normalized spacial score (nSPS) is 24.0. The lowest BCUT2D eigenvalue weighted by Crippen LogP contribution is -2.46. The molecule has 0 amide bonds. The van der Waals surface area contributed by atoms with Gasteiger partial charge >= 0.3 is 5.97 Å². The summed E-state index contributed by atoms with van der Waals surface area (Å²) in [6.07, 6.45) is -0.0395. The molecule has 27 heavy (non-hydrogen) atoms. The van der Waals surface area contributed by atoms with E-state index in [1.165, 1.54) is 0 Å². The number of carbonyl (C=O) groups excluding carboxylic acids is 1. The Morgan fingerprint density at radius 3 is 2.33 bits per heavy atom. The van der Waals surface area contributed by atoms with Crippen LogP contribution in [0.2, 0.25) is 18.1 Å². The highest BCUT2D eigenvalue weighted by molar-refractivity contribution is 7.62. The molecule has 0 unspecified atom stereocenters. The van der Waals surface area contributed by atoms with Gasteiger partial charge in [-0.15, -0.1) is 0 Å². The minimum absolute atomic E-state index is 0.0540. The average molecular weight is 413 g/mol. The first-order valence-corrected chi connectivity index (χ1v) is 15.0. The SMILES string of the molecule is CC(C)(C)[Si](C)(C)O[C@H]1C[C@H](P(C)(C)=O)O[C@@H]1COC(=O)c1ccccc1. The van der Waals surface area contributed by atoms with E-state index in [-0.39, 0.29) is 29.6 Å². The molecule has 2 rings (SSSR count). The zero-order valence-corrected chi connectivity index (χ0v) is 19.4. The van der Waals surface area contributed by atoms with Crippen LogP contribution in [0.1, 0.15) is 37.6 Å². The average Bonchev–Trinajstić information content (AvgIpc) is 2.95. The Morgan fingerprint density at radius 2 is 1.81 bits per heavy atom. The molecule has 0 N–H and O–H groups in total. The van der Waals surface area contributed by atoms with Gasteiger partial charge in [-0.2, -0.15) is 0 Å². The monoisotopic (exact) mass is 412 g/mol. The fraction of sp³-hybridized carbons (Fsp3) is 0.650. The van der Waals surface area contributed by atoms with Crippen LogP contribution in [0.25, 0.3) is 0 Å². The first-order chi connectivity index (χ1) is 12.3. The molecule has 0 spiro atoms. The molecule has 3 atom stereocenters. The summed E-state index contributed by atoms with van der Waals surface area (Å²) in [4.78, 5) is 12.3. The summed E-state index contributed by atoms with van der Waals surface area (Å²) in [5.41, 5.74) is 0.505. The molecule has 1 aliphatic heterocycles. The molecular weight excluding hydrogens is 379 g/mol. The van der Waals surface area contributed by atoms with E-state index in [0.29, 0.717) is 12.0 Å². The maximum atomic E-state index is 12.6. The fourth-order valence-corrected chi connectivity index (χ4v) is 5.26. The lowest BCUT2D eigenvalue weighted by Gasteiger charge is -2.39. The summed E-state index contributed by atoms with van der Waals surface area (Å²) in [5.74, 6) is -0.738. The van der Waals surface area contributed by atoms with Crippen LogP contribution in [-0.4, -0.2) is 52.3 Å². The van der Waals surface area contributed by atoms with Gasteiger partial charge < -0.3 is 18.5 Å². The van der Waals surface area contributed by atoms with Crippen molar-refractivity contribution in [3.05, 3.63) is 35.9 Å². The van der Waals surface area contributed by atoms with E-state index in [2.05, 4.69) is 33.9 Å². The van der Waals surface area contributed by atoms with Crippen molar-refractivity contribution in [2.45, 2.75) is 63.4 Å². The van der Waals surface area contributed by atoms with Crippen LogP contribution in [0.4, 0.5) is 0 Å². The summed E-state index contributed by atoms with van der Waals surface area (Å²) in [6, 6.07) is 8.89. The topological polar surface area (TPSA) is 61.8 Å². The molecule has 1 aromatic rings. The second-order valence-corrected chi connectivity index (χ2v) is 17.4. The Kier molecular flexibility index (Phi) is 6.79. The molecule has 1 saturated heterocycles. The highest BCUT2D eigenvalue weighted by Crippen LogP contribution is 2.50. The zero-order chi connectivity index (χ0) is 20.5. The van der Waals surface area contributed by atoms with Crippen molar-refractivity contribution in [2.24, 2.45) is 0 Å². The fourth-order valence-electron chi connectivity index (χ4n) is 2.74. The molecule has 1 aromatic carbocycles. The van der Waals surface area contributed by atoms with Crippen molar-refractivity contribution >= 4 is 21.4 Å². The van der Waals surface area contributed by atoms with E-state index in [0.717, 1.165) is 0 Å². The molecule has 1 heterocycles. The molecular formula is C20H33O5PSi. The smallest absolute Gasteiger partial charge is 0.338 e. The standard InChI is InChI=1S/C20H33O5PSi/c1-20(2,3)27(6,7)25-16-13-18(26(4,5)22)24-17(16)14-23-19(21)15-11-9-8-10-12-15/h8-12,16-18H,13-14H2,1-7H3/t16-,17+,18-/m0/s1. The first kappa shape index (κ1) is 22.3. The third kappa shape index (κ3) is 5.77. The predicted molar refractivity (Wildman–Crippen MR) is 112 cm³/mol. The number of esters is 1. The van der Waals surface area contributed by atoms with Crippen LogP contribution in [0.3, 0.4) is 0 Å². The maximum Gasteiger partial charge on any atom is 0.338 e. The molecule has 0 aromatic heterocycles. The van der Waals surface area contributed by atoms with Gasteiger partial charge in [-0.3, -0.25) is 0 Å². The summed E-state index contributed by atoms with van der Waals surface area (Å²) in [5, 5.41) is 0.0540. The van der Waals surface area contributed by atoms with Crippen LogP contribution in [0.5, 0.6) is 0 Å². The minimum Gasteiger partial charge on any atom is -0.459 e. The Bertz CT molecular complexity index is 692. The lowest BCUT2D eigenvalue weighted by molar-refractivity contribution is -0.0175. The van der Waals surface area contributed by atoms with Crippen molar-refractivity contribution in [1.29, 1.82) is 0 Å². The van der Waals surface area contributed by atoms with Crippen LogP contribution >= 0.6 is 7.14 Å². The van der Waals surface area contributed by atoms with Crippen LogP contribution in [-0.2, 0) is 18.5 Å². The Balaban J connectivity index is 2.10. The Labute approximate surface area is 164 Å². The molecule has 1 aliphatic rings. The molecule has 1 fully saturated rings. The number of hydrogen-bond donors (Lipinski definition) is 0. The van der Waals surface area contributed by atoms with Gasteiger partial charge in [-0.25, -0.2) is 4.79 Å². The Hall–Kier alpha value is -0.943. The van der Waals surface area contributed by atoms with Gasteiger partial charge in [0.2, 0.25) is 0 Å². The third-order valence-electron chi connectivity index (χ3n) is 5.51. The second-order valence-electron chi connectivity index (χ2n) is 9.18. The van der Waals surface area contributed by atoms with Crippen LogP contribution < -0.4 is 0 Å². The molecule has 7 heteroatoms. The van der Waals surface area contributed by atoms with E-state index in [1.807, 2.05) is 6.07 Å². The van der Waals surface area contributed by atoms with E-state index >= 15 is 0 Å². The summed E-state index contributed by atoms with van der Waals surface area (Å²) in [6.45, 7) is 14.5. The van der Waals surface area contributed by atoms with Crippen molar-refractivity contribution < 1.29 is 23.3 Å². The van der Waals surface area contributed by atoms with Gasteiger partial charge in [-0.05, 0) is 43.6 Å². The number of rotatable bonds is 6. The van der Waals surface area contributed by atoms with Gasteiger partial charge in [0.15, 0.2) is 8.32 Å². The van der Waals surface area contributed by atoms with Gasteiger partial charge in [0, 0.05) is 6.42 Å². The second kappa shape index (κ2) is 8.20. The van der Waals surface area contributed by atoms with Crippen LogP contribution in [0.15, 0.2) is 30.3 Å². The number of ether oxygens (including phenoxy) is 2. The minimum atomic E-state index is -2.43. The highest BCUT2D eigenvalue weighted by atomic mass is 31.2. The maximum absolute atomic E-state index is 12.6. The number of benzene rings is 1. The summed E-state index contributed by atoms with van der Waals surface area (Å²) >= 11 is 0. The van der Waals surface area contributed by atoms with Crippen molar-refractivity contribution in [3.8, 4) is 0 Å². The first-order valence-electron chi connectivity index (χ1n) is 9.41. The van der Waals surface area contributed by atoms with Gasteiger partial charge in [0.25, 0.3) is 0 Å². The summed E-state index contributed by atoms with van der Waals surface area (Å²) in [7, 11) is -4.46. The Morgan fingerprint density at radius 1 is 1.22 bits per heavy atom. The number of carbonyl (C=O) groups is 1. The van der Waals surface area contributed by atoms with Gasteiger partial charge in [-0.1, -0.05) is 39.0 Å². The third-order valence-corrected chi connectivity index (χ3v) is 11.7. The zero-order valence-electron chi connectivity index (χ0n) is 17.5. The molecule has 152 valence electrons. The van der Waals surface area contributed by atoms with Crippen molar-refractivity contribution in [1.82, 2.24) is 0 Å². The van der Waals surface area contributed by atoms with Crippen molar-refractivity contribution in [2.75, 3.05) is 19.9 Å². The molecule has 0 saturated carbocycles.